The highest BCUT2D eigenvalue weighted by Crippen LogP contribution is 2.62. The van der Waals surface area contributed by atoms with Crippen molar-refractivity contribution in [2.45, 2.75) is 26.6 Å². The molecular weight excluding hydrogens is 244 g/mol. The van der Waals surface area contributed by atoms with Gasteiger partial charge in [-0.25, -0.2) is 0 Å². The second kappa shape index (κ2) is 3.18. The van der Waals surface area contributed by atoms with Gasteiger partial charge in [0.25, 0.3) is 0 Å². The molecule has 0 aromatic carbocycles. The Hall–Kier alpha value is -1.42. The van der Waals surface area contributed by atoms with Crippen LogP contribution in [-0.4, -0.2) is 24.6 Å². The molecule has 0 amide bonds. The van der Waals surface area contributed by atoms with Crippen molar-refractivity contribution in [3.8, 4) is 0 Å². The lowest BCUT2D eigenvalue weighted by molar-refractivity contribution is -0.166. The van der Waals surface area contributed by atoms with Gasteiger partial charge in [0.1, 0.15) is 5.41 Å². The van der Waals surface area contributed by atoms with Gasteiger partial charge in [0, 0.05) is 0 Å². The number of carbonyl (C=O) groups excluding carboxylic acids is 2. The first-order chi connectivity index (χ1) is 8.98. The van der Waals surface area contributed by atoms with Crippen molar-refractivity contribution in [1.82, 2.24) is 0 Å². The molecule has 2 heterocycles. The zero-order chi connectivity index (χ0) is 13.4. The van der Waals surface area contributed by atoms with E-state index in [1.54, 1.807) is 6.08 Å². The summed E-state index contributed by atoms with van der Waals surface area (Å²) in [6, 6.07) is 0. The number of allylic oxidation sites excluding steroid dienone is 3. The maximum atomic E-state index is 12.6. The number of carbonyl (C=O) groups is 2. The summed E-state index contributed by atoms with van der Waals surface area (Å²) in [5.74, 6) is -0.744. The average Bonchev–Trinajstić information content (AvgIpc) is 2.89. The summed E-state index contributed by atoms with van der Waals surface area (Å²) >= 11 is 0. The number of esters is 1. The first-order valence-electron chi connectivity index (χ1n) is 6.73. The molecule has 0 saturated carbocycles. The van der Waals surface area contributed by atoms with Gasteiger partial charge < -0.3 is 9.47 Å². The Morgan fingerprint density at radius 3 is 2.89 bits per heavy atom. The fourth-order valence-corrected chi connectivity index (χ4v) is 4.34. The number of ether oxygens (including phenoxy) is 2. The van der Waals surface area contributed by atoms with Gasteiger partial charge >= 0.3 is 5.97 Å². The molecule has 0 aromatic heterocycles. The summed E-state index contributed by atoms with van der Waals surface area (Å²) in [5.41, 5.74) is -0.165. The van der Waals surface area contributed by atoms with Gasteiger partial charge in [-0.2, -0.15) is 0 Å². The number of ketones is 1. The third-order valence-corrected chi connectivity index (χ3v) is 5.27. The fraction of sp³-hybridized carbons (Fsp3) is 0.600. The quantitative estimate of drug-likeness (QED) is 0.377. The van der Waals surface area contributed by atoms with Crippen LogP contribution in [0.15, 0.2) is 23.8 Å². The predicted octanol–water partition coefficient (Wildman–Crippen LogP) is 1.61. The second-order valence-corrected chi connectivity index (χ2v) is 6.52. The lowest BCUT2D eigenvalue weighted by atomic mass is 9.50. The lowest BCUT2D eigenvalue weighted by Gasteiger charge is -2.48. The molecule has 0 aromatic rings. The summed E-state index contributed by atoms with van der Waals surface area (Å²) in [7, 11) is 0. The van der Waals surface area contributed by atoms with E-state index in [4.69, 9.17) is 9.47 Å². The van der Waals surface area contributed by atoms with E-state index in [0.717, 1.165) is 12.0 Å². The molecule has 2 aliphatic carbocycles. The monoisotopic (exact) mass is 260 g/mol. The zero-order valence-corrected chi connectivity index (χ0v) is 11.0. The molecule has 100 valence electrons. The summed E-state index contributed by atoms with van der Waals surface area (Å²) in [6.07, 6.45) is 5.82. The van der Waals surface area contributed by atoms with Gasteiger partial charge in [-0.15, -0.1) is 0 Å². The van der Waals surface area contributed by atoms with Crippen molar-refractivity contribution < 1.29 is 19.1 Å². The topological polar surface area (TPSA) is 52.6 Å². The Morgan fingerprint density at radius 2 is 2.11 bits per heavy atom. The molecular formula is C15H16O4. The SMILES string of the molecule is CC1(C)C=CC(=O)[C@@]23C(=O)O[C@H]4OCC(=CC[C@H]12)[C@H]43. The third-order valence-electron chi connectivity index (χ3n) is 5.27. The van der Waals surface area contributed by atoms with Crippen LogP contribution in [0.1, 0.15) is 20.3 Å². The molecule has 2 saturated heterocycles. The van der Waals surface area contributed by atoms with Gasteiger partial charge in [-0.1, -0.05) is 26.0 Å². The van der Waals surface area contributed by atoms with E-state index in [1.807, 2.05) is 6.08 Å². The minimum atomic E-state index is -1.04. The molecule has 1 spiro atoms. The maximum absolute atomic E-state index is 12.6. The molecule has 19 heavy (non-hydrogen) atoms. The van der Waals surface area contributed by atoms with Crippen LogP contribution in [0.2, 0.25) is 0 Å². The predicted molar refractivity (Wildman–Crippen MR) is 65.9 cm³/mol. The lowest BCUT2D eigenvalue weighted by Crippen LogP contribution is -2.55. The summed E-state index contributed by atoms with van der Waals surface area (Å²) < 4.78 is 10.9. The van der Waals surface area contributed by atoms with Crippen LogP contribution >= 0.6 is 0 Å². The van der Waals surface area contributed by atoms with Gasteiger partial charge in [0.15, 0.2) is 5.78 Å². The van der Waals surface area contributed by atoms with Crippen LogP contribution in [0.3, 0.4) is 0 Å². The Morgan fingerprint density at radius 1 is 1.32 bits per heavy atom. The van der Waals surface area contributed by atoms with Crippen LogP contribution < -0.4 is 0 Å². The molecule has 2 fully saturated rings. The van der Waals surface area contributed by atoms with Crippen LogP contribution in [0, 0.1) is 22.7 Å². The summed E-state index contributed by atoms with van der Waals surface area (Å²) in [4.78, 5) is 25.0. The first-order valence-corrected chi connectivity index (χ1v) is 6.73. The second-order valence-electron chi connectivity index (χ2n) is 6.52. The third kappa shape index (κ3) is 1.10. The Kier molecular flexibility index (Phi) is 1.91. The van der Waals surface area contributed by atoms with Crippen molar-refractivity contribution in [1.29, 1.82) is 0 Å². The summed E-state index contributed by atoms with van der Waals surface area (Å²) in [5, 5.41) is 0. The smallest absolute Gasteiger partial charge is 0.323 e. The molecule has 4 rings (SSSR count). The molecule has 0 N–H and O–H groups in total. The van der Waals surface area contributed by atoms with E-state index in [2.05, 4.69) is 19.9 Å². The number of hydrogen-bond acceptors (Lipinski definition) is 4. The molecule has 4 heteroatoms. The highest BCUT2D eigenvalue weighted by atomic mass is 16.7. The largest absolute Gasteiger partial charge is 0.434 e. The van der Waals surface area contributed by atoms with E-state index < -0.39 is 11.7 Å². The molecule has 0 unspecified atom stereocenters. The van der Waals surface area contributed by atoms with Crippen LogP contribution in [0.4, 0.5) is 0 Å². The van der Waals surface area contributed by atoms with Gasteiger partial charge in [-0.3, -0.25) is 9.59 Å². The van der Waals surface area contributed by atoms with E-state index in [1.165, 1.54) is 0 Å². The standard InChI is InChI=1S/C15H16O4/c1-14(2)6-5-10(16)15-9(14)4-3-8-7-18-12(11(8)15)19-13(15)17/h3,5-6,9,11-12H,4,7H2,1-2H3/t9-,11-,12-,15+/m1/s1. The van der Waals surface area contributed by atoms with E-state index in [-0.39, 0.29) is 29.0 Å². The molecule has 0 bridgehead atoms. The minimum Gasteiger partial charge on any atom is -0.434 e. The van der Waals surface area contributed by atoms with Crippen LogP contribution in [-0.2, 0) is 19.1 Å². The Labute approximate surface area is 111 Å². The van der Waals surface area contributed by atoms with Gasteiger partial charge in [0.2, 0.25) is 6.29 Å². The van der Waals surface area contributed by atoms with Gasteiger partial charge in [0.05, 0.1) is 12.5 Å². The highest BCUT2D eigenvalue weighted by Gasteiger charge is 2.72. The molecule has 4 atom stereocenters. The minimum absolute atomic E-state index is 0.0366. The van der Waals surface area contributed by atoms with E-state index in [9.17, 15) is 9.59 Å². The van der Waals surface area contributed by atoms with Crippen molar-refractivity contribution in [3.05, 3.63) is 23.8 Å². The van der Waals surface area contributed by atoms with E-state index in [0.29, 0.717) is 6.61 Å². The normalized spacial score (nSPS) is 45.6. The Bertz CT molecular complexity index is 556. The molecule has 4 nitrogen and oxygen atoms in total. The number of hydrogen-bond donors (Lipinski definition) is 0. The zero-order valence-electron chi connectivity index (χ0n) is 11.0. The highest BCUT2D eigenvalue weighted by molar-refractivity contribution is 6.12. The van der Waals surface area contributed by atoms with Crippen molar-refractivity contribution in [2.75, 3.05) is 6.61 Å². The number of rotatable bonds is 0. The Balaban J connectivity index is 1.99. The molecule has 0 radical (unpaired) electrons. The maximum Gasteiger partial charge on any atom is 0.323 e. The fourth-order valence-electron chi connectivity index (χ4n) is 4.34. The molecule has 2 aliphatic heterocycles. The van der Waals surface area contributed by atoms with Crippen LogP contribution in [0.25, 0.3) is 0 Å². The van der Waals surface area contributed by atoms with Crippen LogP contribution in [0.5, 0.6) is 0 Å². The van der Waals surface area contributed by atoms with Crippen molar-refractivity contribution in [3.63, 3.8) is 0 Å². The molecule has 4 aliphatic rings. The van der Waals surface area contributed by atoms with Crippen molar-refractivity contribution >= 4 is 11.8 Å². The van der Waals surface area contributed by atoms with E-state index >= 15 is 0 Å². The summed E-state index contributed by atoms with van der Waals surface area (Å²) in [6.45, 7) is 4.64. The van der Waals surface area contributed by atoms with Crippen molar-refractivity contribution in [2.24, 2.45) is 22.7 Å². The van der Waals surface area contributed by atoms with Gasteiger partial charge in [-0.05, 0) is 29.4 Å². The first kappa shape index (κ1) is 11.4. The average molecular weight is 260 g/mol.